The Balaban J connectivity index is 1.77. The zero-order valence-electron chi connectivity index (χ0n) is 17.4. The van der Waals surface area contributed by atoms with Crippen molar-refractivity contribution in [3.63, 3.8) is 0 Å². The lowest BCUT2D eigenvalue weighted by molar-refractivity contribution is 0.0951. The second-order valence-corrected chi connectivity index (χ2v) is 9.31. The third kappa shape index (κ3) is 5.15. The average molecular weight is 438 g/mol. The number of aromatic nitrogens is 2. The van der Waals surface area contributed by atoms with Crippen LogP contribution in [0.4, 0.5) is 5.69 Å². The first-order valence-electron chi connectivity index (χ1n) is 9.75. The summed E-state index contributed by atoms with van der Waals surface area (Å²) >= 11 is 0. The first-order chi connectivity index (χ1) is 14.3. The van der Waals surface area contributed by atoms with Crippen molar-refractivity contribution in [1.82, 2.24) is 19.8 Å². The minimum Gasteiger partial charge on any atom is -0.378 e. The Labute approximate surface area is 176 Å². The molecule has 1 aromatic heterocycles. The molecule has 164 valence electrons. The fourth-order valence-electron chi connectivity index (χ4n) is 3.13. The highest BCUT2D eigenvalue weighted by molar-refractivity contribution is 7.89. The van der Waals surface area contributed by atoms with E-state index in [0.29, 0.717) is 68.7 Å². The molecule has 1 fully saturated rings. The lowest BCUT2D eigenvalue weighted by atomic mass is 10.1. The standard InChI is InChI=1S/C19H27N5O5S/c1-14-21-18(29-22-14)5-4-8-20-19(25)16-13-15(30(26,27)23(2)3)6-7-17(16)24-9-11-28-12-10-24/h6-7,13H,4-5,8-12H2,1-3H3,(H,20,25). The summed E-state index contributed by atoms with van der Waals surface area (Å²) in [5, 5.41) is 6.61. The molecule has 30 heavy (non-hydrogen) atoms. The van der Waals surface area contributed by atoms with Crippen molar-refractivity contribution in [3.8, 4) is 0 Å². The van der Waals surface area contributed by atoms with Gasteiger partial charge in [0.15, 0.2) is 5.82 Å². The Kier molecular flexibility index (Phi) is 7.06. The average Bonchev–Trinajstić information content (AvgIpc) is 3.16. The fourth-order valence-corrected chi connectivity index (χ4v) is 4.06. The number of morpholine rings is 1. The molecule has 2 aromatic rings. The monoisotopic (exact) mass is 437 g/mol. The minimum atomic E-state index is -3.66. The molecule has 1 aliphatic rings. The number of ether oxygens (including phenoxy) is 1. The Morgan fingerprint density at radius 1 is 1.27 bits per heavy atom. The third-order valence-electron chi connectivity index (χ3n) is 4.77. The van der Waals surface area contributed by atoms with E-state index in [9.17, 15) is 13.2 Å². The van der Waals surface area contributed by atoms with Gasteiger partial charge in [0.1, 0.15) is 0 Å². The molecule has 10 nitrogen and oxygen atoms in total. The number of benzene rings is 1. The van der Waals surface area contributed by atoms with Crippen molar-refractivity contribution in [2.75, 3.05) is 51.8 Å². The molecule has 1 amide bonds. The number of rotatable bonds is 8. The Hall–Kier alpha value is -2.50. The first kappa shape index (κ1) is 22.2. The fraction of sp³-hybridized carbons (Fsp3) is 0.526. The number of carbonyl (C=O) groups is 1. The maximum atomic E-state index is 12.9. The Bertz CT molecular complexity index is 983. The minimum absolute atomic E-state index is 0.0796. The van der Waals surface area contributed by atoms with Crippen LogP contribution in [-0.2, 0) is 21.2 Å². The summed E-state index contributed by atoms with van der Waals surface area (Å²) in [6.07, 6.45) is 1.17. The number of hydrogen-bond acceptors (Lipinski definition) is 8. The van der Waals surface area contributed by atoms with Crippen molar-refractivity contribution in [2.45, 2.75) is 24.7 Å². The molecular formula is C19H27N5O5S. The SMILES string of the molecule is Cc1noc(CCCNC(=O)c2cc(S(=O)(=O)N(C)C)ccc2N2CCOCC2)n1. The van der Waals surface area contributed by atoms with Crippen LogP contribution < -0.4 is 10.2 Å². The van der Waals surface area contributed by atoms with Gasteiger partial charge >= 0.3 is 0 Å². The maximum absolute atomic E-state index is 12.9. The number of sulfonamides is 1. The van der Waals surface area contributed by atoms with Crippen LogP contribution in [0.15, 0.2) is 27.6 Å². The van der Waals surface area contributed by atoms with Crippen molar-refractivity contribution in [2.24, 2.45) is 0 Å². The third-order valence-corrected chi connectivity index (χ3v) is 6.58. The second kappa shape index (κ2) is 9.54. The second-order valence-electron chi connectivity index (χ2n) is 7.16. The van der Waals surface area contributed by atoms with Gasteiger partial charge < -0.3 is 19.5 Å². The van der Waals surface area contributed by atoms with E-state index >= 15 is 0 Å². The predicted molar refractivity (Wildman–Crippen MR) is 110 cm³/mol. The number of carbonyl (C=O) groups excluding carboxylic acids is 1. The number of anilines is 1. The smallest absolute Gasteiger partial charge is 0.253 e. The normalized spacial score (nSPS) is 14.9. The van der Waals surface area contributed by atoms with Crippen LogP contribution in [0.1, 0.15) is 28.5 Å². The van der Waals surface area contributed by atoms with Crippen molar-refractivity contribution in [1.29, 1.82) is 0 Å². The topological polar surface area (TPSA) is 118 Å². The van der Waals surface area contributed by atoms with Crippen LogP contribution in [-0.4, -0.2) is 75.7 Å². The van der Waals surface area contributed by atoms with Gasteiger partial charge in [0.25, 0.3) is 5.91 Å². The van der Waals surface area contributed by atoms with Crippen molar-refractivity contribution >= 4 is 21.6 Å². The molecule has 0 aliphatic carbocycles. The van der Waals surface area contributed by atoms with Gasteiger partial charge in [-0.1, -0.05) is 5.16 Å². The molecule has 1 aliphatic heterocycles. The van der Waals surface area contributed by atoms with E-state index in [4.69, 9.17) is 9.26 Å². The van der Waals surface area contributed by atoms with Crippen LogP contribution in [0.2, 0.25) is 0 Å². The lowest BCUT2D eigenvalue weighted by Crippen LogP contribution is -2.38. The molecule has 1 aromatic carbocycles. The summed E-state index contributed by atoms with van der Waals surface area (Å²) < 4.78 is 36.7. The maximum Gasteiger partial charge on any atom is 0.253 e. The quantitative estimate of drug-likeness (QED) is 0.604. The number of aryl methyl sites for hydroxylation is 2. The summed E-state index contributed by atoms with van der Waals surface area (Å²) in [6.45, 7) is 4.53. The molecule has 1 saturated heterocycles. The molecule has 11 heteroatoms. The van der Waals surface area contributed by atoms with Gasteiger partial charge in [0.2, 0.25) is 15.9 Å². The van der Waals surface area contributed by atoms with Crippen molar-refractivity contribution < 1.29 is 22.5 Å². The zero-order chi connectivity index (χ0) is 21.7. The molecule has 0 saturated carbocycles. The Morgan fingerprint density at radius 3 is 2.63 bits per heavy atom. The van der Waals surface area contributed by atoms with Crippen LogP contribution in [0, 0.1) is 6.92 Å². The van der Waals surface area contributed by atoms with Gasteiger partial charge in [0.05, 0.1) is 23.7 Å². The lowest BCUT2D eigenvalue weighted by Gasteiger charge is -2.30. The van der Waals surface area contributed by atoms with E-state index in [1.54, 1.807) is 13.0 Å². The molecule has 0 bridgehead atoms. The van der Waals surface area contributed by atoms with Gasteiger partial charge in [-0.15, -0.1) is 0 Å². The summed E-state index contributed by atoms with van der Waals surface area (Å²) in [6, 6.07) is 4.67. The Morgan fingerprint density at radius 2 is 2.00 bits per heavy atom. The summed E-state index contributed by atoms with van der Waals surface area (Å²) in [5.41, 5.74) is 1.02. The molecule has 0 radical (unpaired) electrons. The van der Waals surface area contributed by atoms with E-state index < -0.39 is 10.0 Å². The van der Waals surface area contributed by atoms with Crippen molar-refractivity contribution in [3.05, 3.63) is 35.5 Å². The van der Waals surface area contributed by atoms with E-state index in [1.807, 2.05) is 4.90 Å². The van der Waals surface area contributed by atoms with Crippen LogP contribution in [0.25, 0.3) is 0 Å². The number of amides is 1. The van der Waals surface area contributed by atoms with E-state index in [0.717, 1.165) is 4.31 Å². The van der Waals surface area contributed by atoms with Crippen LogP contribution >= 0.6 is 0 Å². The number of hydrogen-bond donors (Lipinski definition) is 1. The highest BCUT2D eigenvalue weighted by Gasteiger charge is 2.24. The summed E-state index contributed by atoms with van der Waals surface area (Å²) in [7, 11) is -0.732. The van der Waals surface area contributed by atoms with Crippen LogP contribution in [0.5, 0.6) is 0 Å². The van der Waals surface area contributed by atoms with E-state index in [2.05, 4.69) is 15.5 Å². The van der Waals surface area contributed by atoms with Gasteiger partial charge in [0, 0.05) is 45.8 Å². The highest BCUT2D eigenvalue weighted by Crippen LogP contribution is 2.26. The molecule has 1 N–H and O–H groups in total. The summed E-state index contributed by atoms with van der Waals surface area (Å²) in [4.78, 5) is 19.2. The van der Waals surface area contributed by atoms with Gasteiger partial charge in [-0.25, -0.2) is 12.7 Å². The molecule has 0 spiro atoms. The summed E-state index contributed by atoms with van der Waals surface area (Å²) in [5.74, 6) is 0.770. The van der Waals surface area contributed by atoms with E-state index in [1.165, 1.54) is 26.2 Å². The zero-order valence-corrected chi connectivity index (χ0v) is 18.2. The van der Waals surface area contributed by atoms with E-state index in [-0.39, 0.29) is 10.8 Å². The largest absolute Gasteiger partial charge is 0.378 e. The van der Waals surface area contributed by atoms with Gasteiger partial charge in [-0.05, 0) is 31.5 Å². The van der Waals surface area contributed by atoms with Gasteiger partial charge in [-0.2, -0.15) is 4.98 Å². The van der Waals surface area contributed by atoms with Crippen LogP contribution in [0.3, 0.4) is 0 Å². The highest BCUT2D eigenvalue weighted by atomic mass is 32.2. The van der Waals surface area contributed by atoms with Gasteiger partial charge in [-0.3, -0.25) is 4.79 Å². The first-order valence-corrected chi connectivity index (χ1v) is 11.2. The molecular weight excluding hydrogens is 410 g/mol. The number of nitrogens with zero attached hydrogens (tertiary/aromatic N) is 4. The molecule has 2 heterocycles. The molecule has 0 unspecified atom stereocenters. The number of nitrogens with one attached hydrogen (secondary N) is 1. The molecule has 3 rings (SSSR count). The predicted octanol–water partition coefficient (Wildman–Crippen LogP) is 0.828. The molecule has 0 atom stereocenters.